The van der Waals surface area contributed by atoms with E-state index in [1.807, 2.05) is 37.3 Å². The quantitative estimate of drug-likeness (QED) is 0.763. The van der Waals surface area contributed by atoms with E-state index in [-0.39, 0.29) is 0 Å². The van der Waals surface area contributed by atoms with Crippen LogP contribution in [-0.4, -0.2) is 15.0 Å². The summed E-state index contributed by atoms with van der Waals surface area (Å²) in [4.78, 5) is 12.1. The monoisotopic (exact) mass is 257 g/mol. The molecular weight excluding hydrogens is 246 g/mol. The molecule has 18 heavy (non-hydrogen) atoms. The van der Waals surface area contributed by atoms with Gasteiger partial charge in [0.05, 0.1) is 5.52 Å². The molecule has 0 fully saturated rings. The molecule has 3 rings (SSSR count). The fraction of sp³-hybridized carbons (Fsp3) is 0.143. The van der Waals surface area contributed by atoms with Crippen LogP contribution in [0.5, 0.6) is 0 Å². The minimum atomic E-state index is 0.732. The molecule has 0 saturated heterocycles. The van der Waals surface area contributed by atoms with E-state index >= 15 is 0 Å². The van der Waals surface area contributed by atoms with Crippen LogP contribution in [0.1, 0.15) is 17.0 Å². The molecule has 0 aliphatic rings. The van der Waals surface area contributed by atoms with E-state index in [0.717, 1.165) is 39.6 Å². The normalized spacial score (nSPS) is 11.0. The SMILES string of the molecule is Cc1ccnc2nc(Cc3cccc(Cl)c3)[nH]c12. The number of H-pyrrole nitrogens is 1. The van der Waals surface area contributed by atoms with Gasteiger partial charge in [-0.05, 0) is 36.2 Å². The second-order valence-corrected chi connectivity index (χ2v) is 4.75. The van der Waals surface area contributed by atoms with Gasteiger partial charge in [-0.2, -0.15) is 0 Å². The Balaban J connectivity index is 1.98. The predicted molar refractivity (Wildman–Crippen MR) is 72.9 cm³/mol. The summed E-state index contributed by atoms with van der Waals surface area (Å²) >= 11 is 5.97. The summed E-state index contributed by atoms with van der Waals surface area (Å²) in [6, 6.07) is 9.79. The van der Waals surface area contributed by atoms with Crippen molar-refractivity contribution in [2.24, 2.45) is 0 Å². The Labute approximate surface area is 110 Å². The fourth-order valence-corrected chi connectivity index (χ4v) is 2.22. The Morgan fingerprint density at radius 1 is 1.28 bits per heavy atom. The van der Waals surface area contributed by atoms with Crippen molar-refractivity contribution in [3.8, 4) is 0 Å². The molecule has 0 spiro atoms. The van der Waals surface area contributed by atoms with Crippen LogP contribution >= 0.6 is 11.6 Å². The number of fused-ring (bicyclic) bond motifs is 1. The van der Waals surface area contributed by atoms with Crippen LogP contribution in [-0.2, 0) is 6.42 Å². The van der Waals surface area contributed by atoms with Crippen molar-refractivity contribution in [3.05, 3.63) is 58.5 Å². The largest absolute Gasteiger partial charge is 0.340 e. The molecule has 0 atom stereocenters. The number of benzene rings is 1. The number of aromatic nitrogens is 3. The molecule has 1 N–H and O–H groups in total. The number of pyridine rings is 1. The molecule has 2 heterocycles. The zero-order chi connectivity index (χ0) is 12.5. The summed E-state index contributed by atoms with van der Waals surface area (Å²) in [5, 5.41) is 0.748. The second-order valence-electron chi connectivity index (χ2n) is 4.32. The maximum Gasteiger partial charge on any atom is 0.177 e. The molecular formula is C14H12ClN3. The van der Waals surface area contributed by atoms with Gasteiger partial charge in [0, 0.05) is 17.6 Å². The van der Waals surface area contributed by atoms with Crippen molar-refractivity contribution in [1.82, 2.24) is 15.0 Å². The molecule has 0 amide bonds. The van der Waals surface area contributed by atoms with Crippen LogP contribution in [0.4, 0.5) is 0 Å². The molecule has 3 aromatic rings. The Morgan fingerprint density at radius 2 is 2.17 bits per heavy atom. The zero-order valence-electron chi connectivity index (χ0n) is 9.94. The van der Waals surface area contributed by atoms with Gasteiger partial charge in [0.1, 0.15) is 5.82 Å². The molecule has 0 unspecified atom stereocenters. The minimum Gasteiger partial charge on any atom is -0.340 e. The molecule has 4 heteroatoms. The highest BCUT2D eigenvalue weighted by atomic mass is 35.5. The van der Waals surface area contributed by atoms with E-state index < -0.39 is 0 Å². The van der Waals surface area contributed by atoms with Crippen LogP contribution in [0.3, 0.4) is 0 Å². The molecule has 2 aromatic heterocycles. The van der Waals surface area contributed by atoms with Gasteiger partial charge in [-0.15, -0.1) is 0 Å². The van der Waals surface area contributed by atoms with Crippen LogP contribution < -0.4 is 0 Å². The number of nitrogens with zero attached hydrogens (tertiary/aromatic N) is 2. The summed E-state index contributed by atoms with van der Waals surface area (Å²) in [5.74, 6) is 0.911. The number of halogens is 1. The fourth-order valence-electron chi connectivity index (χ4n) is 2.01. The first-order valence-electron chi connectivity index (χ1n) is 5.77. The van der Waals surface area contributed by atoms with Crippen molar-refractivity contribution in [2.45, 2.75) is 13.3 Å². The van der Waals surface area contributed by atoms with Crippen molar-refractivity contribution >= 4 is 22.8 Å². The Kier molecular flexibility index (Phi) is 2.76. The lowest BCUT2D eigenvalue weighted by Crippen LogP contribution is -1.90. The predicted octanol–water partition coefficient (Wildman–Crippen LogP) is 3.51. The van der Waals surface area contributed by atoms with Gasteiger partial charge >= 0.3 is 0 Å². The van der Waals surface area contributed by atoms with Crippen LogP contribution in [0.2, 0.25) is 5.02 Å². The smallest absolute Gasteiger partial charge is 0.177 e. The highest BCUT2D eigenvalue weighted by Crippen LogP contribution is 2.17. The molecule has 0 bridgehead atoms. The van der Waals surface area contributed by atoms with E-state index in [2.05, 4.69) is 15.0 Å². The van der Waals surface area contributed by atoms with E-state index in [1.165, 1.54) is 0 Å². The van der Waals surface area contributed by atoms with E-state index in [9.17, 15) is 0 Å². The van der Waals surface area contributed by atoms with Crippen molar-refractivity contribution in [1.29, 1.82) is 0 Å². The first-order valence-corrected chi connectivity index (χ1v) is 6.15. The first-order chi connectivity index (χ1) is 8.72. The van der Waals surface area contributed by atoms with Gasteiger partial charge in [0.2, 0.25) is 0 Å². The standard InChI is InChI=1S/C14H12ClN3/c1-9-5-6-16-14-13(9)17-12(18-14)8-10-3-2-4-11(15)7-10/h2-7H,8H2,1H3,(H,16,17,18). The topological polar surface area (TPSA) is 41.6 Å². The number of aryl methyl sites for hydroxylation is 1. The van der Waals surface area contributed by atoms with Crippen molar-refractivity contribution in [2.75, 3.05) is 0 Å². The Hall–Kier alpha value is -1.87. The Morgan fingerprint density at radius 3 is 2.94 bits per heavy atom. The minimum absolute atomic E-state index is 0.732. The lowest BCUT2D eigenvalue weighted by molar-refractivity contribution is 1.03. The van der Waals surface area contributed by atoms with E-state index in [0.29, 0.717) is 0 Å². The van der Waals surface area contributed by atoms with Gasteiger partial charge in [-0.25, -0.2) is 9.97 Å². The maximum absolute atomic E-state index is 5.97. The third-order valence-corrected chi connectivity index (χ3v) is 3.15. The number of nitrogens with one attached hydrogen (secondary N) is 1. The number of hydrogen-bond donors (Lipinski definition) is 1. The molecule has 0 radical (unpaired) electrons. The summed E-state index contributed by atoms with van der Waals surface area (Å²) < 4.78 is 0. The van der Waals surface area contributed by atoms with Gasteiger partial charge in [0.25, 0.3) is 0 Å². The number of hydrogen-bond acceptors (Lipinski definition) is 2. The second kappa shape index (κ2) is 4.42. The third kappa shape index (κ3) is 2.09. The van der Waals surface area contributed by atoms with Gasteiger partial charge in [-0.1, -0.05) is 23.7 Å². The van der Waals surface area contributed by atoms with Gasteiger partial charge in [-0.3, -0.25) is 0 Å². The lowest BCUT2D eigenvalue weighted by atomic mass is 10.1. The summed E-state index contributed by atoms with van der Waals surface area (Å²) in [6.07, 6.45) is 2.51. The molecule has 0 aliphatic carbocycles. The number of rotatable bonds is 2. The zero-order valence-corrected chi connectivity index (χ0v) is 10.7. The Bertz CT molecular complexity index is 703. The highest BCUT2D eigenvalue weighted by Gasteiger charge is 2.06. The van der Waals surface area contributed by atoms with Gasteiger partial charge in [0.15, 0.2) is 5.65 Å². The first kappa shape index (κ1) is 11.2. The molecule has 0 saturated carbocycles. The van der Waals surface area contributed by atoms with Gasteiger partial charge < -0.3 is 4.98 Å². The van der Waals surface area contributed by atoms with E-state index in [4.69, 9.17) is 11.6 Å². The number of imidazole rings is 1. The average Bonchev–Trinajstić information content (AvgIpc) is 2.73. The highest BCUT2D eigenvalue weighted by molar-refractivity contribution is 6.30. The third-order valence-electron chi connectivity index (χ3n) is 2.91. The molecule has 1 aromatic carbocycles. The molecule has 3 nitrogen and oxygen atoms in total. The lowest BCUT2D eigenvalue weighted by Gasteiger charge is -1.98. The van der Waals surface area contributed by atoms with E-state index in [1.54, 1.807) is 6.20 Å². The average molecular weight is 258 g/mol. The summed E-state index contributed by atoms with van der Waals surface area (Å²) in [5.41, 5.74) is 4.07. The molecule has 90 valence electrons. The summed E-state index contributed by atoms with van der Waals surface area (Å²) in [6.45, 7) is 2.05. The van der Waals surface area contributed by atoms with Crippen molar-refractivity contribution < 1.29 is 0 Å². The van der Waals surface area contributed by atoms with Crippen LogP contribution in [0.15, 0.2) is 36.5 Å². The molecule has 0 aliphatic heterocycles. The van der Waals surface area contributed by atoms with Crippen LogP contribution in [0.25, 0.3) is 11.2 Å². The maximum atomic E-state index is 5.97. The van der Waals surface area contributed by atoms with Crippen LogP contribution in [0, 0.1) is 6.92 Å². The number of aromatic amines is 1. The van der Waals surface area contributed by atoms with Crippen molar-refractivity contribution in [3.63, 3.8) is 0 Å². The summed E-state index contributed by atoms with van der Waals surface area (Å²) in [7, 11) is 0.